The molecule has 0 spiro atoms. The van der Waals surface area contributed by atoms with Crippen LogP contribution in [0.1, 0.15) is 0 Å². The number of ether oxygens (including phenoxy) is 2. The van der Waals surface area contributed by atoms with Gasteiger partial charge in [-0.25, -0.2) is 0 Å². The summed E-state index contributed by atoms with van der Waals surface area (Å²) in [6, 6.07) is 28.4. The SMILES string of the molecule is COc1cc2c3ccccc3c(O)c3ccc4c5ccc6c(O)c7ccccc7c7cc(OC)c(c1c4c32)c5c67. The van der Waals surface area contributed by atoms with Crippen molar-refractivity contribution in [2.75, 3.05) is 14.2 Å². The fourth-order valence-electron chi connectivity index (χ4n) is 7.31. The molecular weight excluding hydrogens is 496 g/mol. The molecule has 0 saturated carbocycles. The summed E-state index contributed by atoms with van der Waals surface area (Å²) in [5, 5.41) is 38.3. The molecule has 9 rings (SSSR count). The highest BCUT2D eigenvalue weighted by atomic mass is 16.5. The quantitative estimate of drug-likeness (QED) is 0.177. The van der Waals surface area contributed by atoms with Crippen molar-refractivity contribution in [3.05, 3.63) is 84.9 Å². The zero-order chi connectivity index (χ0) is 26.9. The van der Waals surface area contributed by atoms with Crippen molar-refractivity contribution in [1.82, 2.24) is 0 Å². The molecule has 190 valence electrons. The molecule has 0 amide bonds. The van der Waals surface area contributed by atoms with Crippen LogP contribution >= 0.6 is 0 Å². The summed E-state index contributed by atoms with van der Waals surface area (Å²) >= 11 is 0. The van der Waals surface area contributed by atoms with Crippen LogP contribution in [-0.4, -0.2) is 24.4 Å². The maximum Gasteiger partial charge on any atom is 0.131 e. The zero-order valence-electron chi connectivity index (χ0n) is 21.8. The van der Waals surface area contributed by atoms with E-state index >= 15 is 0 Å². The first kappa shape index (κ1) is 21.7. The molecule has 0 bridgehead atoms. The van der Waals surface area contributed by atoms with E-state index in [4.69, 9.17) is 9.47 Å². The lowest BCUT2D eigenvalue weighted by Gasteiger charge is -2.23. The second-order valence-electron chi connectivity index (χ2n) is 10.6. The van der Waals surface area contributed by atoms with E-state index in [0.717, 1.165) is 97.7 Å². The smallest absolute Gasteiger partial charge is 0.131 e. The molecule has 9 aromatic rings. The molecule has 0 saturated heterocycles. The summed E-state index contributed by atoms with van der Waals surface area (Å²) in [6.45, 7) is 0. The first-order chi connectivity index (χ1) is 19.6. The monoisotopic (exact) mass is 518 g/mol. The Morgan fingerprint density at radius 1 is 0.375 bits per heavy atom. The molecule has 0 atom stereocenters. The zero-order valence-corrected chi connectivity index (χ0v) is 21.8. The van der Waals surface area contributed by atoms with Crippen LogP contribution in [0.25, 0.3) is 86.2 Å². The van der Waals surface area contributed by atoms with Gasteiger partial charge >= 0.3 is 0 Å². The summed E-state index contributed by atoms with van der Waals surface area (Å²) in [4.78, 5) is 0. The van der Waals surface area contributed by atoms with Crippen LogP contribution in [0.15, 0.2) is 84.9 Å². The van der Waals surface area contributed by atoms with Gasteiger partial charge in [0, 0.05) is 53.9 Å². The van der Waals surface area contributed by atoms with E-state index in [1.54, 1.807) is 14.2 Å². The maximum atomic E-state index is 11.4. The number of fused-ring (bicyclic) bond motifs is 6. The van der Waals surface area contributed by atoms with Gasteiger partial charge in [-0.3, -0.25) is 0 Å². The van der Waals surface area contributed by atoms with Crippen LogP contribution < -0.4 is 9.47 Å². The Morgan fingerprint density at radius 3 is 1.15 bits per heavy atom. The first-order valence-electron chi connectivity index (χ1n) is 13.3. The van der Waals surface area contributed by atoms with Crippen LogP contribution in [0.4, 0.5) is 0 Å². The van der Waals surface area contributed by atoms with Crippen molar-refractivity contribution in [1.29, 1.82) is 0 Å². The minimum absolute atomic E-state index is 0.282. The van der Waals surface area contributed by atoms with E-state index in [1.165, 1.54) is 0 Å². The number of hydrogen-bond acceptors (Lipinski definition) is 4. The minimum Gasteiger partial charge on any atom is -0.507 e. The summed E-state index contributed by atoms with van der Waals surface area (Å²) in [5.41, 5.74) is 0. The lowest BCUT2D eigenvalue weighted by atomic mass is 9.82. The largest absolute Gasteiger partial charge is 0.507 e. The molecule has 40 heavy (non-hydrogen) atoms. The number of phenolic OH excluding ortho intramolecular Hbond substituents is 2. The number of benzene rings is 9. The number of phenols is 2. The molecule has 0 aliphatic rings. The van der Waals surface area contributed by atoms with Crippen LogP contribution in [-0.2, 0) is 0 Å². The summed E-state index contributed by atoms with van der Waals surface area (Å²) in [5.74, 6) is 2.05. The van der Waals surface area contributed by atoms with Gasteiger partial charge in [0.15, 0.2) is 0 Å². The number of rotatable bonds is 2. The average molecular weight is 519 g/mol. The molecule has 0 heterocycles. The Balaban J connectivity index is 1.67. The highest BCUT2D eigenvalue weighted by Gasteiger charge is 2.26. The van der Waals surface area contributed by atoms with Gasteiger partial charge in [0.1, 0.15) is 23.0 Å². The molecule has 0 radical (unpaired) electrons. The Kier molecular flexibility index (Phi) is 3.93. The Hall–Kier alpha value is -5.22. The molecule has 9 aromatic carbocycles. The molecule has 0 aliphatic carbocycles. The molecular formula is C36H22O4. The fraction of sp³-hybridized carbons (Fsp3) is 0.0556. The normalized spacial score (nSPS) is 12.4. The van der Waals surface area contributed by atoms with Crippen molar-refractivity contribution in [3.63, 3.8) is 0 Å². The summed E-state index contributed by atoms with van der Waals surface area (Å²) in [6.07, 6.45) is 0. The first-order valence-corrected chi connectivity index (χ1v) is 13.3. The van der Waals surface area contributed by atoms with Crippen LogP contribution in [0, 0.1) is 0 Å². The molecule has 4 heteroatoms. The van der Waals surface area contributed by atoms with Gasteiger partial charge in [-0.2, -0.15) is 0 Å². The lowest BCUT2D eigenvalue weighted by Crippen LogP contribution is -1.97. The Labute approximate surface area is 227 Å². The minimum atomic E-state index is 0.282. The van der Waals surface area contributed by atoms with Crippen LogP contribution in [0.3, 0.4) is 0 Å². The molecule has 2 N–H and O–H groups in total. The highest BCUT2D eigenvalue weighted by Crippen LogP contribution is 2.55. The average Bonchev–Trinajstić information content (AvgIpc) is 3.01. The third kappa shape index (κ3) is 2.35. The van der Waals surface area contributed by atoms with Crippen molar-refractivity contribution in [3.8, 4) is 23.0 Å². The fourth-order valence-corrected chi connectivity index (χ4v) is 7.31. The molecule has 4 nitrogen and oxygen atoms in total. The van der Waals surface area contributed by atoms with E-state index in [1.807, 2.05) is 48.5 Å². The van der Waals surface area contributed by atoms with Crippen LogP contribution in [0.2, 0.25) is 0 Å². The predicted octanol–water partition coefficient (Wildman–Crippen LogP) is 9.22. The summed E-state index contributed by atoms with van der Waals surface area (Å²) in [7, 11) is 3.41. The standard InChI is InChI=1S/C36H22O4/c1-39-27-15-25-17-7-3-5-9-21(17)35(37)23-13-11-19-20-12-14-24-30-26(18-8-4-6-10-22(18)36(24)38)16-28(40-2)34(32(20)30)33(27)31(19)29(23)25/h3-16,37-38H,1-2H3. The predicted molar refractivity (Wildman–Crippen MR) is 165 cm³/mol. The Bertz CT molecular complexity index is 2350. The third-order valence-corrected chi connectivity index (χ3v) is 8.93. The van der Waals surface area contributed by atoms with Crippen LogP contribution in [0.5, 0.6) is 23.0 Å². The van der Waals surface area contributed by atoms with Gasteiger partial charge in [-0.1, -0.05) is 60.7 Å². The molecule has 0 aliphatic heterocycles. The number of aromatic hydroxyl groups is 2. The summed E-state index contributed by atoms with van der Waals surface area (Å²) < 4.78 is 12.3. The van der Waals surface area contributed by atoms with Crippen molar-refractivity contribution >= 4 is 86.2 Å². The van der Waals surface area contributed by atoms with Crippen molar-refractivity contribution in [2.24, 2.45) is 0 Å². The second kappa shape index (κ2) is 7.25. The van der Waals surface area contributed by atoms with E-state index in [9.17, 15) is 10.2 Å². The van der Waals surface area contributed by atoms with Gasteiger partial charge in [0.05, 0.1) is 14.2 Å². The number of methoxy groups -OCH3 is 2. The van der Waals surface area contributed by atoms with Gasteiger partial charge in [0.2, 0.25) is 0 Å². The van der Waals surface area contributed by atoms with E-state index in [0.29, 0.717) is 0 Å². The lowest BCUT2D eigenvalue weighted by molar-refractivity contribution is 0.417. The number of hydrogen-bond donors (Lipinski definition) is 2. The topological polar surface area (TPSA) is 58.9 Å². The van der Waals surface area contributed by atoms with Crippen molar-refractivity contribution in [2.45, 2.75) is 0 Å². The maximum absolute atomic E-state index is 11.4. The molecule has 0 fully saturated rings. The second-order valence-corrected chi connectivity index (χ2v) is 10.6. The molecule has 0 unspecified atom stereocenters. The van der Waals surface area contributed by atoms with Gasteiger partial charge in [-0.05, 0) is 56.6 Å². The molecule has 0 aromatic heterocycles. The third-order valence-electron chi connectivity index (χ3n) is 8.93. The highest BCUT2D eigenvalue weighted by molar-refractivity contribution is 6.45. The van der Waals surface area contributed by atoms with E-state index in [-0.39, 0.29) is 11.5 Å². The van der Waals surface area contributed by atoms with E-state index < -0.39 is 0 Å². The Morgan fingerprint density at radius 2 is 0.750 bits per heavy atom. The van der Waals surface area contributed by atoms with Gasteiger partial charge in [0.25, 0.3) is 0 Å². The van der Waals surface area contributed by atoms with Gasteiger partial charge < -0.3 is 19.7 Å². The van der Waals surface area contributed by atoms with Crippen molar-refractivity contribution < 1.29 is 19.7 Å². The van der Waals surface area contributed by atoms with Gasteiger partial charge in [-0.15, -0.1) is 0 Å². The van der Waals surface area contributed by atoms with E-state index in [2.05, 4.69) is 36.4 Å².